The summed E-state index contributed by atoms with van der Waals surface area (Å²) in [7, 11) is 0. The summed E-state index contributed by atoms with van der Waals surface area (Å²) in [5, 5.41) is 5.44. The number of anilines is 1. The highest BCUT2D eigenvalue weighted by Gasteiger charge is 2.21. The fraction of sp³-hybridized carbons (Fsp3) is 0.500. The fourth-order valence-electron chi connectivity index (χ4n) is 3.34. The molecule has 7 heteroatoms. The van der Waals surface area contributed by atoms with Crippen LogP contribution in [0.3, 0.4) is 0 Å². The van der Waals surface area contributed by atoms with Crippen molar-refractivity contribution in [1.82, 2.24) is 4.98 Å². The number of nitrogens with one attached hydrogen (secondary N) is 2. The number of alkyl halides is 1. The SMILES string of the molecule is Fc1cc(NC2CCOCC2)c2[nH]c(C3=N[C@H](CCI)CS3)cc2c1. The number of ether oxygens (including phenoxy) is 1. The summed E-state index contributed by atoms with van der Waals surface area (Å²) in [5.41, 5.74) is 2.79. The molecular formula is C18H21FIN3OS. The molecule has 4 rings (SSSR count). The van der Waals surface area contributed by atoms with Crippen molar-refractivity contribution in [2.24, 2.45) is 4.99 Å². The number of H-pyrrole nitrogens is 1. The van der Waals surface area contributed by atoms with Crippen LogP contribution in [0.2, 0.25) is 0 Å². The molecule has 0 amide bonds. The van der Waals surface area contributed by atoms with Crippen molar-refractivity contribution >= 4 is 56.0 Å². The van der Waals surface area contributed by atoms with Crippen molar-refractivity contribution in [3.05, 3.63) is 29.7 Å². The maximum Gasteiger partial charge on any atom is 0.126 e. The van der Waals surface area contributed by atoms with E-state index in [-0.39, 0.29) is 5.82 Å². The Morgan fingerprint density at radius 1 is 1.32 bits per heavy atom. The van der Waals surface area contributed by atoms with E-state index in [0.29, 0.717) is 12.1 Å². The predicted molar refractivity (Wildman–Crippen MR) is 112 cm³/mol. The highest BCUT2D eigenvalue weighted by molar-refractivity contribution is 14.1. The van der Waals surface area contributed by atoms with Gasteiger partial charge in [-0.3, -0.25) is 4.99 Å². The quantitative estimate of drug-likeness (QED) is 0.494. The van der Waals surface area contributed by atoms with Crippen LogP contribution in [0.4, 0.5) is 10.1 Å². The lowest BCUT2D eigenvalue weighted by Crippen LogP contribution is -2.27. The minimum absolute atomic E-state index is 0.212. The Morgan fingerprint density at radius 3 is 2.96 bits per heavy atom. The van der Waals surface area contributed by atoms with Gasteiger partial charge < -0.3 is 15.0 Å². The van der Waals surface area contributed by atoms with Crippen LogP contribution in [0.25, 0.3) is 10.9 Å². The number of nitrogens with zero attached hydrogens (tertiary/aromatic N) is 1. The van der Waals surface area contributed by atoms with Crippen LogP contribution in [0, 0.1) is 5.82 Å². The molecule has 0 spiro atoms. The molecule has 4 nitrogen and oxygen atoms in total. The van der Waals surface area contributed by atoms with Crippen LogP contribution >= 0.6 is 34.4 Å². The Hall–Kier alpha value is -0.800. The zero-order valence-electron chi connectivity index (χ0n) is 13.9. The van der Waals surface area contributed by atoms with Crippen LogP contribution in [0.1, 0.15) is 25.0 Å². The molecule has 0 saturated carbocycles. The number of halogens is 2. The standard InChI is InChI=1S/C18H21FIN3OS/c19-12-7-11-8-16(18-22-14(1-4-20)10-25-18)23-17(11)15(9-12)21-13-2-5-24-6-3-13/h7-9,13-14,21,23H,1-6,10H2/t14-/m1/s1. The third-order valence-corrected chi connectivity index (χ3v) is 6.43. The summed E-state index contributed by atoms with van der Waals surface area (Å²) < 4.78 is 20.6. The van der Waals surface area contributed by atoms with Crippen LogP contribution < -0.4 is 5.32 Å². The minimum atomic E-state index is -0.212. The number of rotatable bonds is 5. The van der Waals surface area contributed by atoms with E-state index in [2.05, 4.69) is 32.9 Å². The molecule has 0 aliphatic carbocycles. The first-order valence-electron chi connectivity index (χ1n) is 8.66. The van der Waals surface area contributed by atoms with Crippen LogP contribution in [0.15, 0.2) is 23.2 Å². The second kappa shape index (κ2) is 7.84. The van der Waals surface area contributed by atoms with Gasteiger partial charge in [0, 0.05) is 34.8 Å². The number of hydrogen-bond donors (Lipinski definition) is 2. The van der Waals surface area contributed by atoms with Crippen LogP contribution in [-0.2, 0) is 4.74 Å². The Labute approximate surface area is 164 Å². The van der Waals surface area contributed by atoms with Gasteiger partial charge in [0.1, 0.15) is 10.9 Å². The largest absolute Gasteiger partial charge is 0.381 e. The van der Waals surface area contributed by atoms with E-state index >= 15 is 0 Å². The Morgan fingerprint density at radius 2 is 2.16 bits per heavy atom. The topological polar surface area (TPSA) is 49.4 Å². The van der Waals surface area contributed by atoms with Gasteiger partial charge in [0.25, 0.3) is 0 Å². The third-order valence-electron chi connectivity index (χ3n) is 4.66. The van der Waals surface area contributed by atoms with Crippen LogP contribution in [-0.4, -0.2) is 45.5 Å². The summed E-state index contributed by atoms with van der Waals surface area (Å²) in [5.74, 6) is 0.825. The van der Waals surface area contributed by atoms with Gasteiger partial charge in [-0.1, -0.05) is 22.6 Å². The molecule has 1 aromatic heterocycles. The zero-order valence-corrected chi connectivity index (χ0v) is 16.8. The molecule has 2 N–H and O–H groups in total. The van der Waals surface area contributed by atoms with Crippen molar-refractivity contribution in [2.45, 2.75) is 31.3 Å². The van der Waals surface area contributed by atoms with Gasteiger partial charge in [-0.25, -0.2) is 4.39 Å². The number of thioether (sulfide) groups is 1. The first-order valence-corrected chi connectivity index (χ1v) is 11.2. The molecule has 1 atom stereocenters. The van der Waals surface area contributed by atoms with Crippen molar-refractivity contribution in [2.75, 3.05) is 28.7 Å². The van der Waals surface area contributed by atoms with Gasteiger partial charge in [-0.05, 0) is 37.5 Å². The minimum Gasteiger partial charge on any atom is -0.381 e. The molecule has 1 aromatic carbocycles. The Balaban J connectivity index is 1.63. The molecule has 1 saturated heterocycles. The second-order valence-corrected chi connectivity index (χ2v) is 8.60. The van der Waals surface area contributed by atoms with Crippen molar-refractivity contribution in [3.63, 3.8) is 0 Å². The number of hydrogen-bond acceptors (Lipinski definition) is 4. The number of fused-ring (bicyclic) bond motifs is 1. The molecule has 2 aliphatic rings. The van der Waals surface area contributed by atoms with Crippen molar-refractivity contribution in [3.8, 4) is 0 Å². The molecule has 2 aromatic rings. The number of benzene rings is 1. The summed E-state index contributed by atoms with van der Waals surface area (Å²) in [6.07, 6.45) is 3.01. The Kier molecular flexibility index (Phi) is 5.52. The van der Waals surface area contributed by atoms with E-state index < -0.39 is 0 Å². The molecule has 0 bridgehead atoms. The molecular weight excluding hydrogens is 452 g/mol. The maximum absolute atomic E-state index is 14.1. The van der Waals surface area contributed by atoms with E-state index in [1.165, 1.54) is 0 Å². The van der Waals surface area contributed by atoms with Gasteiger partial charge in [-0.2, -0.15) is 0 Å². The lowest BCUT2D eigenvalue weighted by Gasteiger charge is -2.24. The summed E-state index contributed by atoms with van der Waals surface area (Å²) in [6.45, 7) is 1.52. The Bertz CT molecular complexity index is 788. The third kappa shape index (κ3) is 3.98. The van der Waals surface area contributed by atoms with Gasteiger partial charge in [0.2, 0.25) is 0 Å². The monoisotopic (exact) mass is 473 g/mol. The second-order valence-electron chi connectivity index (χ2n) is 6.51. The van der Waals surface area contributed by atoms with Crippen molar-refractivity contribution < 1.29 is 9.13 Å². The molecule has 1 fully saturated rings. The normalized spacial score (nSPS) is 21.7. The lowest BCUT2D eigenvalue weighted by atomic mass is 10.1. The summed E-state index contributed by atoms with van der Waals surface area (Å²) in [6, 6.07) is 5.93. The number of aliphatic imine (C=N–C) groups is 1. The molecule has 0 radical (unpaired) electrons. The molecule has 2 aliphatic heterocycles. The summed E-state index contributed by atoms with van der Waals surface area (Å²) >= 11 is 4.19. The number of aromatic nitrogens is 1. The van der Waals surface area contributed by atoms with E-state index in [9.17, 15) is 4.39 Å². The predicted octanol–water partition coefficient (Wildman–Crippen LogP) is 4.59. The van der Waals surface area contributed by atoms with Gasteiger partial charge in [0.15, 0.2) is 0 Å². The first kappa shape index (κ1) is 17.6. The van der Waals surface area contributed by atoms with Gasteiger partial charge in [0.05, 0.1) is 22.9 Å². The van der Waals surface area contributed by atoms with E-state index in [1.807, 2.05) is 6.07 Å². The molecule has 0 unspecified atom stereocenters. The smallest absolute Gasteiger partial charge is 0.126 e. The first-order chi connectivity index (χ1) is 12.2. The average molecular weight is 473 g/mol. The zero-order chi connectivity index (χ0) is 17.2. The number of aromatic amines is 1. The van der Waals surface area contributed by atoms with Gasteiger partial charge in [-0.15, -0.1) is 11.8 Å². The van der Waals surface area contributed by atoms with Gasteiger partial charge >= 0.3 is 0 Å². The molecule has 25 heavy (non-hydrogen) atoms. The van der Waals surface area contributed by atoms with E-state index in [0.717, 1.165) is 70.0 Å². The maximum atomic E-state index is 14.1. The molecule has 3 heterocycles. The van der Waals surface area contributed by atoms with E-state index in [1.54, 1.807) is 23.9 Å². The summed E-state index contributed by atoms with van der Waals surface area (Å²) in [4.78, 5) is 8.30. The van der Waals surface area contributed by atoms with E-state index in [4.69, 9.17) is 9.73 Å². The fourth-order valence-corrected chi connectivity index (χ4v) is 5.13. The highest BCUT2D eigenvalue weighted by atomic mass is 127. The molecule has 134 valence electrons. The highest BCUT2D eigenvalue weighted by Crippen LogP contribution is 2.31. The lowest BCUT2D eigenvalue weighted by molar-refractivity contribution is 0.0905. The average Bonchev–Trinajstić information content (AvgIpc) is 3.23. The van der Waals surface area contributed by atoms with Crippen molar-refractivity contribution in [1.29, 1.82) is 0 Å². The van der Waals surface area contributed by atoms with Crippen LogP contribution in [0.5, 0.6) is 0 Å².